The first-order valence-corrected chi connectivity index (χ1v) is 9.13. The molecule has 4 N–H and O–H groups in total. The summed E-state index contributed by atoms with van der Waals surface area (Å²) >= 11 is 0. The van der Waals surface area contributed by atoms with Crippen LogP contribution in [0.3, 0.4) is 0 Å². The summed E-state index contributed by atoms with van der Waals surface area (Å²) in [5, 5.41) is 8.08. The predicted molar refractivity (Wildman–Crippen MR) is 77.1 cm³/mol. The second-order valence-corrected chi connectivity index (χ2v) is 7.92. The number of hydrogen-bond acceptors (Lipinski definition) is 5. The van der Waals surface area contributed by atoms with Crippen molar-refractivity contribution in [2.75, 3.05) is 19.3 Å². The highest BCUT2D eigenvalue weighted by Gasteiger charge is 2.12. The smallest absolute Gasteiger partial charge is 0.238 e. The molecule has 0 aliphatic heterocycles. The van der Waals surface area contributed by atoms with Gasteiger partial charge in [0.25, 0.3) is 0 Å². The normalized spacial score (nSPS) is 14.2. The van der Waals surface area contributed by atoms with Gasteiger partial charge in [-0.2, -0.15) is 0 Å². The second kappa shape index (κ2) is 6.64. The van der Waals surface area contributed by atoms with Crippen LogP contribution in [0.1, 0.15) is 18.5 Å². The summed E-state index contributed by atoms with van der Waals surface area (Å²) in [4.78, 5) is 0.0338. The summed E-state index contributed by atoms with van der Waals surface area (Å²) < 4.78 is 47.3. The Balaban J connectivity index is 2.72. The van der Waals surface area contributed by atoms with Crippen molar-refractivity contribution in [3.05, 3.63) is 29.8 Å². The molecule has 1 unspecified atom stereocenters. The molecule has 0 aliphatic carbocycles. The fourth-order valence-electron chi connectivity index (χ4n) is 1.59. The summed E-state index contributed by atoms with van der Waals surface area (Å²) in [7, 11) is -5.64. The number of primary sulfonamides is 1. The van der Waals surface area contributed by atoms with Crippen LogP contribution in [-0.2, 0) is 20.0 Å². The van der Waals surface area contributed by atoms with E-state index in [0.29, 0.717) is 0 Å². The Morgan fingerprint density at radius 2 is 1.90 bits per heavy atom. The third-order valence-electron chi connectivity index (χ3n) is 2.82. The molecule has 0 heterocycles. The largest absolute Gasteiger partial charge is 0.309 e. The zero-order chi connectivity index (χ0) is 15.4. The predicted octanol–water partition coefficient (Wildman–Crippen LogP) is -0.466. The van der Waals surface area contributed by atoms with Gasteiger partial charge in [0.2, 0.25) is 20.0 Å². The zero-order valence-electron chi connectivity index (χ0n) is 11.3. The highest BCUT2D eigenvalue weighted by molar-refractivity contribution is 7.89. The third-order valence-corrected chi connectivity index (χ3v) is 5.09. The van der Waals surface area contributed by atoms with Crippen molar-refractivity contribution in [2.45, 2.75) is 17.9 Å². The van der Waals surface area contributed by atoms with Gasteiger partial charge in [0.05, 0.1) is 10.6 Å². The van der Waals surface area contributed by atoms with E-state index in [4.69, 9.17) is 5.14 Å². The van der Waals surface area contributed by atoms with E-state index in [9.17, 15) is 16.8 Å². The maximum absolute atomic E-state index is 11.3. The Bertz CT molecular complexity index is 656. The lowest BCUT2D eigenvalue weighted by Gasteiger charge is -2.15. The van der Waals surface area contributed by atoms with Gasteiger partial charge in [0.15, 0.2) is 0 Å². The lowest BCUT2D eigenvalue weighted by atomic mass is 10.1. The molecule has 0 fully saturated rings. The Hall–Kier alpha value is -1.00. The maximum Gasteiger partial charge on any atom is 0.238 e. The molecule has 0 aliphatic rings. The monoisotopic (exact) mass is 321 g/mol. The van der Waals surface area contributed by atoms with E-state index in [1.54, 1.807) is 12.1 Å². The average Bonchev–Trinajstić information content (AvgIpc) is 2.37. The van der Waals surface area contributed by atoms with Gasteiger partial charge in [0.1, 0.15) is 0 Å². The van der Waals surface area contributed by atoms with Gasteiger partial charge in [-0.25, -0.2) is 26.7 Å². The maximum atomic E-state index is 11.3. The van der Waals surface area contributed by atoms with Crippen molar-refractivity contribution in [2.24, 2.45) is 5.14 Å². The van der Waals surface area contributed by atoms with E-state index in [2.05, 4.69) is 10.0 Å². The van der Waals surface area contributed by atoms with Gasteiger partial charge >= 0.3 is 0 Å². The minimum Gasteiger partial charge on any atom is -0.309 e. The van der Waals surface area contributed by atoms with Gasteiger partial charge in [0, 0.05) is 12.6 Å². The number of hydrogen-bond donors (Lipinski definition) is 3. The van der Waals surface area contributed by atoms with Crippen LogP contribution in [0.15, 0.2) is 29.2 Å². The standard InChI is InChI=1S/C11H19N3O4S2/c1-9(14-6-7-19(15,16)13-2)10-4-3-5-11(8-10)20(12,17)18/h3-5,8-9,13-14H,6-7H2,1-2H3,(H2,12,17,18). The first-order valence-electron chi connectivity index (χ1n) is 5.93. The fourth-order valence-corrected chi connectivity index (χ4v) is 2.75. The number of nitrogens with two attached hydrogens (primary N) is 1. The first kappa shape index (κ1) is 17.1. The van der Waals surface area contributed by atoms with Crippen LogP contribution in [-0.4, -0.2) is 36.2 Å². The summed E-state index contributed by atoms with van der Waals surface area (Å²) in [6, 6.07) is 6.04. The van der Waals surface area contributed by atoms with E-state index in [1.165, 1.54) is 19.2 Å². The summed E-state index contributed by atoms with van der Waals surface area (Å²) in [6.07, 6.45) is 0. The fraction of sp³-hybridized carbons (Fsp3) is 0.455. The molecule has 0 bridgehead atoms. The van der Waals surface area contributed by atoms with Crippen LogP contribution < -0.4 is 15.2 Å². The topological polar surface area (TPSA) is 118 Å². The SMILES string of the molecule is CNS(=O)(=O)CCNC(C)c1cccc(S(N)(=O)=O)c1. The van der Waals surface area contributed by atoms with E-state index < -0.39 is 20.0 Å². The lowest BCUT2D eigenvalue weighted by Crippen LogP contribution is -2.31. The van der Waals surface area contributed by atoms with Crippen LogP contribution in [0, 0.1) is 0 Å². The Morgan fingerprint density at radius 1 is 1.25 bits per heavy atom. The molecule has 1 rings (SSSR count). The number of rotatable bonds is 7. The van der Waals surface area contributed by atoms with Crippen molar-refractivity contribution in [3.8, 4) is 0 Å². The molecule has 0 saturated carbocycles. The molecule has 20 heavy (non-hydrogen) atoms. The van der Waals surface area contributed by atoms with E-state index in [-0.39, 0.29) is 23.2 Å². The van der Waals surface area contributed by atoms with Crippen LogP contribution >= 0.6 is 0 Å². The number of sulfonamides is 2. The van der Waals surface area contributed by atoms with Crippen LogP contribution in [0.4, 0.5) is 0 Å². The molecular formula is C11H19N3O4S2. The van der Waals surface area contributed by atoms with E-state index in [0.717, 1.165) is 5.56 Å². The molecule has 0 saturated heterocycles. The van der Waals surface area contributed by atoms with E-state index in [1.807, 2.05) is 6.92 Å². The summed E-state index contributed by atoms with van der Waals surface area (Å²) in [6.45, 7) is 2.07. The molecule has 0 aromatic heterocycles. The molecule has 114 valence electrons. The third kappa shape index (κ3) is 5.17. The van der Waals surface area contributed by atoms with Crippen molar-refractivity contribution in [3.63, 3.8) is 0 Å². The van der Waals surface area contributed by atoms with E-state index >= 15 is 0 Å². The summed E-state index contributed by atoms with van der Waals surface area (Å²) in [5.41, 5.74) is 0.721. The highest BCUT2D eigenvalue weighted by Crippen LogP contribution is 2.16. The van der Waals surface area contributed by atoms with Crippen LogP contribution in [0.25, 0.3) is 0 Å². The molecule has 1 aromatic rings. The molecule has 7 nitrogen and oxygen atoms in total. The lowest BCUT2D eigenvalue weighted by molar-refractivity contribution is 0.566. The molecule has 1 atom stereocenters. The Morgan fingerprint density at radius 3 is 2.45 bits per heavy atom. The molecule has 1 aromatic carbocycles. The van der Waals surface area contributed by atoms with Gasteiger partial charge in [-0.05, 0) is 31.7 Å². The van der Waals surface area contributed by atoms with Crippen LogP contribution in [0.5, 0.6) is 0 Å². The highest BCUT2D eigenvalue weighted by atomic mass is 32.2. The molecule has 0 amide bonds. The average molecular weight is 321 g/mol. The Labute approximate surface area is 119 Å². The molecule has 0 radical (unpaired) electrons. The minimum absolute atomic E-state index is 0.0338. The summed E-state index contributed by atoms with van der Waals surface area (Å²) in [5.74, 6) is -0.0529. The molecule has 0 spiro atoms. The molecule has 9 heteroatoms. The first-order chi connectivity index (χ1) is 9.15. The van der Waals surface area contributed by atoms with Gasteiger partial charge in [-0.3, -0.25) is 0 Å². The van der Waals surface area contributed by atoms with Crippen molar-refractivity contribution >= 4 is 20.0 Å². The van der Waals surface area contributed by atoms with Gasteiger partial charge in [-0.1, -0.05) is 12.1 Å². The quantitative estimate of drug-likeness (QED) is 0.627. The zero-order valence-corrected chi connectivity index (χ0v) is 13.0. The molecular weight excluding hydrogens is 302 g/mol. The van der Waals surface area contributed by atoms with Gasteiger partial charge < -0.3 is 5.32 Å². The Kier molecular flexibility index (Phi) is 5.66. The van der Waals surface area contributed by atoms with Crippen molar-refractivity contribution in [1.29, 1.82) is 0 Å². The van der Waals surface area contributed by atoms with Gasteiger partial charge in [-0.15, -0.1) is 0 Å². The number of benzene rings is 1. The minimum atomic E-state index is -3.74. The van der Waals surface area contributed by atoms with Crippen molar-refractivity contribution < 1.29 is 16.8 Å². The second-order valence-electron chi connectivity index (χ2n) is 4.32. The van der Waals surface area contributed by atoms with Crippen molar-refractivity contribution in [1.82, 2.24) is 10.0 Å². The number of nitrogens with one attached hydrogen (secondary N) is 2. The van der Waals surface area contributed by atoms with Crippen LogP contribution in [0.2, 0.25) is 0 Å².